The standard InChI is InChI=1S/C16H16N2O3S/c1-10-12(9-17-14(19)16(7-8-16)15(20)21)22-13(18-10)11-5-3-2-4-6-11/h2-6H,7-9H2,1H3,(H,17,19)(H,20,21). The third-order valence-corrected chi connectivity index (χ3v) is 5.12. The minimum atomic E-state index is -1.19. The van der Waals surface area contributed by atoms with E-state index in [1.165, 1.54) is 11.3 Å². The van der Waals surface area contributed by atoms with Crippen LogP contribution in [-0.4, -0.2) is 22.0 Å². The van der Waals surface area contributed by atoms with E-state index < -0.39 is 17.3 Å². The molecule has 1 fully saturated rings. The fourth-order valence-electron chi connectivity index (χ4n) is 2.29. The summed E-state index contributed by atoms with van der Waals surface area (Å²) in [5.41, 5.74) is 0.711. The van der Waals surface area contributed by atoms with Gasteiger partial charge in [-0.25, -0.2) is 4.98 Å². The van der Waals surface area contributed by atoms with Crippen molar-refractivity contribution in [2.75, 3.05) is 0 Å². The van der Waals surface area contributed by atoms with Crippen molar-refractivity contribution >= 4 is 23.2 Å². The summed E-state index contributed by atoms with van der Waals surface area (Å²) in [7, 11) is 0. The molecular formula is C16H16N2O3S. The van der Waals surface area contributed by atoms with Gasteiger partial charge in [0.15, 0.2) is 0 Å². The SMILES string of the molecule is Cc1nc(-c2ccccc2)sc1CNC(=O)C1(C(=O)O)CC1. The van der Waals surface area contributed by atoms with Crippen molar-refractivity contribution in [2.24, 2.45) is 5.41 Å². The van der Waals surface area contributed by atoms with E-state index in [2.05, 4.69) is 10.3 Å². The van der Waals surface area contributed by atoms with Crippen molar-refractivity contribution in [1.82, 2.24) is 10.3 Å². The molecule has 0 radical (unpaired) electrons. The van der Waals surface area contributed by atoms with Crippen molar-refractivity contribution in [1.29, 1.82) is 0 Å². The zero-order valence-corrected chi connectivity index (χ0v) is 12.9. The number of aliphatic carboxylic acids is 1. The summed E-state index contributed by atoms with van der Waals surface area (Å²) in [6, 6.07) is 9.84. The van der Waals surface area contributed by atoms with Crippen LogP contribution >= 0.6 is 11.3 Å². The number of amides is 1. The number of thiazole rings is 1. The van der Waals surface area contributed by atoms with Crippen LogP contribution in [0, 0.1) is 12.3 Å². The molecule has 0 aliphatic heterocycles. The van der Waals surface area contributed by atoms with Crippen molar-refractivity contribution in [3.8, 4) is 10.6 Å². The van der Waals surface area contributed by atoms with E-state index in [4.69, 9.17) is 5.11 Å². The maximum Gasteiger partial charge on any atom is 0.319 e. The second kappa shape index (κ2) is 5.53. The zero-order valence-electron chi connectivity index (χ0n) is 12.1. The molecule has 1 aliphatic carbocycles. The van der Waals surface area contributed by atoms with Crippen LogP contribution in [-0.2, 0) is 16.1 Å². The van der Waals surface area contributed by atoms with Gasteiger partial charge in [-0.15, -0.1) is 11.3 Å². The lowest BCUT2D eigenvalue weighted by Crippen LogP contribution is -2.36. The largest absolute Gasteiger partial charge is 0.480 e. The second-order valence-corrected chi connectivity index (χ2v) is 6.55. The molecule has 0 saturated heterocycles. The Balaban J connectivity index is 1.70. The summed E-state index contributed by atoms with van der Waals surface area (Å²) in [5.74, 6) is -1.43. The summed E-state index contributed by atoms with van der Waals surface area (Å²) in [5, 5.41) is 12.8. The fraction of sp³-hybridized carbons (Fsp3) is 0.312. The average molecular weight is 316 g/mol. The van der Waals surface area contributed by atoms with E-state index in [0.29, 0.717) is 19.4 Å². The maximum absolute atomic E-state index is 12.0. The first-order chi connectivity index (χ1) is 10.5. The highest BCUT2D eigenvalue weighted by molar-refractivity contribution is 7.15. The highest BCUT2D eigenvalue weighted by Crippen LogP contribution is 2.46. The molecule has 1 aromatic carbocycles. The summed E-state index contributed by atoms with van der Waals surface area (Å²) in [4.78, 5) is 28.6. The average Bonchev–Trinajstić information content (AvgIpc) is 3.25. The zero-order chi connectivity index (χ0) is 15.7. The Morgan fingerprint density at radius 2 is 2.00 bits per heavy atom. The highest BCUT2D eigenvalue weighted by Gasteiger charge is 2.56. The van der Waals surface area contributed by atoms with E-state index >= 15 is 0 Å². The minimum Gasteiger partial charge on any atom is -0.480 e. The van der Waals surface area contributed by atoms with Gasteiger partial charge < -0.3 is 10.4 Å². The summed E-state index contributed by atoms with van der Waals surface area (Å²) in [6.07, 6.45) is 0.843. The molecule has 1 saturated carbocycles. The number of carbonyl (C=O) groups excluding carboxylic acids is 1. The monoisotopic (exact) mass is 316 g/mol. The number of hydrogen-bond acceptors (Lipinski definition) is 4. The molecule has 6 heteroatoms. The predicted octanol–water partition coefficient (Wildman–Crippen LogP) is 2.60. The molecule has 0 spiro atoms. The molecule has 1 aliphatic rings. The van der Waals surface area contributed by atoms with Gasteiger partial charge in [-0.1, -0.05) is 30.3 Å². The normalized spacial score (nSPS) is 15.3. The Morgan fingerprint density at radius 1 is 1.32 bits per heavy atom. The number of carboxylic acids is 1. The van der Waals surface area contributed by atoms with Gasteiger partial charge in [0.05, 0.1) is 12.2 Å². The van der Waals surface area contributed by atoms with Crippen molar-refractivity contribution in [3.05, 3.63) is 40.9 Å². The molecule has 2 N–H and O–H groups in total. The second-order valence-electron chi connectivity index (χ2n) is 5.46. The first-order valence-corrected chi connectivity index (χ1v) is 7.88. The molecule has 0 unspecified atom stereocenters. The van der Waals surface area contributed by atoms with Crippen LogP contribution in [0.3, 0.4) is 0 Å². The van der Waals surface area contributed by atoms with Crippen LogP contribution in [0.15, 0.2) is 30.3 Å². The Kier molecular flexibility index (Phi) is 3.70. The third-order valence-electron chi connectivity index (χ3n) is 3.92. The first kappa shape index (κ1) is 14.7. The molecule has 3 rings (SSSR count). The molecule has 1 heterocycles. The molecular weight excluding hydrogens is 300 g/mol. The van der Waals surface area contributed by atoms with Crippen molar-refractivity contribution < 1.29 is 14.7 Å². The summed E-state index contributed by atoms with van der Waals surface area (Å²) < 4.78 is 0. The van der Waals surface area contributed by atoms with Gasteiger partial charge in [0, 0.05) is 10.4 Å². The van der Waals surface area contributed by atoms with Crippen LogP contribution in [0.4, 0.5) is 0 Å². The Bertz CT molecular complexity index is 720. The number of nitrogens with zero attached hydrogens (tertiary/aromatic N) is 1. The van der Waals surface area contributed by atoms with Crippen LogP contribution in [0.25, 0.3) is 10.6 Å². The van der Waals surface area contributed by atoms with E-state index in [0.717, 1.165) is 21.1 Å². The number of benzene rings is 1. The fourth-order valence-corrected chi connectivity index (χ4v) is 3.30. The molecule has 0 atom stereocenters. The molecule has 0 bridgehead atoms. The number of aromatic nitrogens is 1. The smallest absolute Gasteiger partial charge is 0.319 e. The van der Waals surface area contributed by atoms with Crippen LogP contribution in [0.2, 0.25) is 0 Å². The molecule has 2 aromatic rings. The topological polar surface area (TPSA) is 79.3 Å². The number of nitrogens with one attached hydrogen (secondary N) is 1. The lowest BCUT2D eigenvalue weighted by atomic mass is 10.1. The summed E-state index contributed by atoms with van der Waals surface area (Å²) in [6.45, 7) is 2.22. The predicted molar refractivity (Wildman–Crippen MR) is 83.4 cm³/mol. The van der Waals surface area contributed by atoms with Gasteiger partial charge in [0.2, 0.25) is 5.91 Å². The number of carboxylic acid groups (broad SMARTS) is 1. The third kappa shape index (κ3) is 2.62. The Labute approximate surface area is 132 Å². The van der Waals surface area contributed by atoms with Crippen LogP contribution in [0.1, 0.15) is 23.4 Å². The first-order valence-electron chi connectivity index (χ1n) is 7.06. The van der Waals surface area contributed by atoms with Gasteiger partial charge in [0.25, 0.3) is 0 Å². The quantitative estimate of drug-likeness (QED) is 0.831. The molecule has 22 heavy (non-hydrogen) atoms. The lowest BCUT2D eigenvalue weighted by molar-refractivity contribution is -0.149. The van der Waals surface area contributed by atoms with E-state index in [-0.39, 0.29) is 0 Å². The maximum atomic E-state index is 12.0. The lowest BCUT2D eigenvalue weighted by Gasteiger charge is -2.09. The number of rotatable bonds is 5. The number of hydrogen-bond donors (Lipinski definition) is 2. The van der Waals surface area contributed by atoms with Gasteiger partial charge in [-0.2, -0.15) is 0 Å². The highest BCUT2D eigenvalue weighted by atomic mass is 32.1. The summed E-state index contributed by atoms with van der Waals surface area (Å²) >= 11 is 1.52. The van der Waals surface area contributed by atoms with E-state index in [1.54, 1.807) is 0 Å². The molecule has 5 nitrogen and oxygen atoms in total. The van der Waals surface area contributed by atoms with E-state index in [9.17, 15) is 9.59 Å². The van der Waals surface area contributed by atoms with E-state index in [1.807, 2.05) is 37.3 Å². The molecule has 1 aromatic heterocycles. The van der Waals surface area contributed by atoms with Gasteiger partial charge in [0.1, 0.15) is 10.4 Å². The van der Waals surface area contributed by atoms with Crippen molar-refractivity contribution in [3.63, 3.8) is 0 Å². The molecule has 1 amide bonds. The number of aryl methyl sites for hydroxylation is 1. The van der Waals surface area contributed by atoms with Crippen LogP contribution < -0.4 is 5.32 Å². The van der Waals surface area contributed by atoms with Crippen molar-refractivity contribution in [2.45, 2.75) is 26.3 Å². The van der Waals surface area contributed by atoms with Gasteiger partial charge in [-0.3, -0.25) is 9.59 Å². The van der Waals surface area contributed by atoms with Crippen LogP contribution in [0.5, 0.6) is 0 Å². The minimum absolute atomic E-state index is 0.324. The Morgan fingerprint density at radius 3 is 2.59 bits per heavy atom. The van der Waals surface area contributed by atoms with Gasteiger partial charge >= 0.3 is 5.97 Å². The molecule has 114 valence electrons. The van der Waals surface area contributed by atoms with Gasteiger partial charge in [-0.05, 0) is 19.8 Å². The Hall–Kier alpha value is -2.21. The number of carbonyl (C=O) groups is 2.